The molecule has 1 aromatic carbocycles. The molecule has 0 spiro atoms. The molecule has 2 unspecified atom stereocenters. The summed E-state index contributed by atoms with van der Waals surface area (Å²) >= 11 is 0. The molecule has 1 heterocycles. The van der Waals surface area contributed by atoms with Crippen molar-refractivity contribution in [3.8, 4) is 0 Å². The molecule has 0 saturated carbocycles. The lowest BCUT2D eigenvalue weighted by molar-refractivity contribution is 0.0572. The molecule has 86 valence electrons. The number of aliphatic hydroxyl groups excluding tert-OH is 2. The van der Waals surface area contributed by atoms with Crippen molar-refractivity contribution in [3.05, 3.63) is 42.0 Å². The first-order chi connectivity index (χ1) is 7.75. The van der Waals surface area contributed by atoms with Gasteiger partial charge in [0.15, 0.2) is 0 Å². The van der Waals surface area contributed by atoms with Gasteiger partial charge in [0.05, 0.1) is 12.2 Å². The van der Waals surface area contributed by atoms with Gasteiger partial charge < -0.3 is 10.2 Å². The maximum Gasteiger partial charge on any atom is 0.0938 e. The second-order valence-corrected chi connectivity index (χ2v) is 4.17. The summed E-state index contributed by atoms with van der Waals surface area (Å²) in [5, 5.41) is 18.7. The van der Waals surface area contributed by atoms with Crippen LogP contribution in [-0.2, 0) is 0 Å². The molecule has 3 nitrogen and oxygen atoms in total. The van der Waals surface area contributed by atoms with Crippen LogP contribution >= 0.6 is 0 Å². The van der Waals surface area contributed by atoms with E-state index in [0.29, 0.717) is 13.1 Å². The van der Waals surface area contributed by atoms with Crippen LogP contribution in [0.3, 0.4) is 0 Å². The van der Waals surface area contributed by atoms with Gasteiger partial charge in [0, 0.05) is 19.6 Å². The first-order valence-electron chi connectivity index (χ1n) is 5.56. The van der Waals surface area contributed by atoms with E-state index in [2.05, 4.69) is 12.2 Å². The van der Waals surface area contributed by atoms with Gasteiger partial charge in [-0.2, -0.15) is 0 Å². The highest BCUT2D eigenvalue weighted by atomic mass is 16.3. The van der Waals surface area contributed by atoms with E-state index in [-0.39, 0.29) is 0 Å². The van der Waals surface area contributed by atoms with Crippen LogP contribution in [0.5, 0.6) is 0 Å². The van der Waals surface area contributed by atoms with E-state index >= 15 is 0 Å². The zero-order chi connectivity index (χ0) is 11.4. The summed E-state index contributed by atoms with van der Waals surface area (Å²) in [6.07, 6.45) is 2.92. The van der Waals surface area contributed by atoms with Gasteiger partial charge in [-0.1, -0.05) is 42.5 Å². The molecule has 0 amide bonds. The minimum atomic E-state index is -0.592. The van der Waals surface area contributed by atoms with E-state index in [1.807, 2.05) is 35.2 Å². The molecule has 1 aliphatic rings. The Morgan fingerprint density at radius 2 is 1.75 bits per heavy atom. The van der Waals surface area contributed by atoms with Crippen molar-refractivity contribution in [2.24, 2.45) is 0 Å². The Morgan fingerprint density at radius 1 is 1.12 bits per heavy atom. The van der Waals surface area contributed by atoms with E-state index in [1.165, 1.54) is 5.56 Å². The second-order valence-electron chi connectivity index (χ2n) is 4.17. The van der Waals surface area contributed by atoms with Gasteiger partial charge in [-0.25, -0.2) is 0 Å². The fraction of sp³-hybridized carbons (Fsp3) is 0.385. The monoisotopic (exact) mass is 219 g/mol. The molecule has 1 fully saturated rings. The first-order valence-corrected chi connectivity index (χ1v) is 5.56. The second kappa shape index (κ2) is 5.25. The molecule has 1 aromatic rings. The molecule has 2 N–H and O–H groups in total. The van der Waals surface area contributed by atoms with E-state index < -0.39 is 12.2 Å². The maximum atomic E-state index is 9.37. The van der Waals surface area contributed by atoms with Crippen LogP contribution in [0.2, 0.25) is 0 Å². The van der Waals surface area contributed by atoms with Crippen molar-refractivity contribution in [2.75, 3.05) is 19.6 Å². The maximum absolute atomic E-state index is 9.37. The molecule has 1 aliphatic heterocycles. The highest BCUT2D eigenvalue weighted by molar-refractivity contribution is 5.48. The van der Waals surface area contributed by atoms with Crippen molar-refractivity contribution in [2.45, 2.75) is 12.2 Å². The molecular formula is C13H17NO2. The fourth-order valence-electron chi connectivity index (χ4n) is 1.90. The Bertz CT molecular complexity index is 340. The zero-order valence-corrected chi connectivity index (χ0v) is 9.16. The van der Waals surface area contributed by atoms with E-state index in [9.17, 15) is 10.2 Å². The van der Waals surface area contributed by atoms with Gasteiger partial charge in [0.1, 0.15) is 0 Å². The number of rotatable bonds is 3. The van der Waals surface area contributed by atoms with Crippen LogP contribution in [0.1, 0.15) is 5.56 Å². The van der Waals surface area contributed by atoms with Gasteiger partial charge in [-0.3, -0.25) is 4.90 Å². The third kappa shape index (κ3) is 2.92. The Morgan fingerprint density at radius 3 is 2.38 bits per heavy atom. The average molecular weight is 219 g/mol. The summed E-state index contributed by atoms with van der Waals surface area (Å²) in [5.74, 6) is 0. The van der Waals surface area contributed by atoms with Crippen LogP contribution in [0.15, 0.2) is 36.4 Å². The topological polar surface area (TPSA) is 43.7 Å². The normalized spacial score (nSPS) is 26.6. The Labute approximate surface area is 95.6 Å². The average Bonchev–Trinajstić information content (AvgIpc) is 2.60. The molecule has 2 atom stereocenters. The van der Waals surface area contributed by atoms with E-state index in [4.69, 9.17) is 0 Å². The number of hydrogen-bond donors (Lipinski definition) is 2. The first kappa shape index (κ1) is 11.3. The van der Waals surface area contributed by atoms with Crippen molar-refractivity contribution in [1.82, 2.24) is 4.90 Å². The highest BCUT2D eigenvalue weighted by Gasteiger charge is 2.28. The predicted molar refractivity (Wildman–Crippen MR) is 63.9 cm³/mol. The predicted octanol–water partition coefficient (Wildman–Crippen LogP) is 0.737. The third-order valence-corrected chi connectivity index (χ3v) is 2.81. The van der Waals surface area contributed by atoms with Crippen molar-refractivity contribution in [3.63, 3.8) is 0 Å². The SMILES string of the molecule is OC1CN(C/C=C/c2ccccc2)CC1O. The van der Waals surface area contributed by atoms with Gasteiger partial charge in [0.25, 0.3) is 0 Å². The minimum Gasteiger partial charge on any atom is -0.389 e. The highest BCUT2D eigenvalue weighted by Crippen LogP contribution is 2.10. The van der Waals surface area contributed by atoms with Crippen molar-refractivity contribution in [1.29, 1.82) is 0 Å². The zero-order valence-electron chi connectivity index (χ0n) is 9.16. The van der Waals surface area contributed by atoms with E-state index in [1.54, 1.807) is 0 Å². The largest absolute Gasteiger partial charge is 0.389 e. The summed E-state index contributed by atoms with van der Waals surface area (Å²) in [5.41, 5.74) is 1.17. The minimum absolute atomic E-state index is 0.556. The molecule has 0 aromatic heterocycles. The third-order valence-electron chi connectivity index (χ3n) is 2.81. The number of aliphatic hydroxyl groups is 2. The van der Waals surface area contributed by atoms with Crippen LogP contribution in [0, 0.1) is 0 Å². The lowest BCUT2D eigenvalue weighted by Crippen LogP contribution is -2.22. The number of hydrogen-bond acceptors (Lipinski definition) is 3. The van der Waals surface area contributed by atoms with E-state index in [0.717, 1.165) is 6.54 Å². The standard InChI is InChI=1S/C13H17NO2/c15-12-9-14(10-13(12)16)8-4-7-11-5-2-1-3-6-11/h1-7,12-13,15-16H,8-10H2/b7-4+. The lowest BCUT2D eigenvalue weighted by atomic mass is 10.2. The quantitative estimate of drug-likeness (QED) is 0.788. The number of nitrogens with zero attached hydrogens (tertiary/aromatic N) is 1. The van der Waals surface area contributed by atoms with Crippen LogP contribution in [-0.4, -0.2) is 47.0 Å². The lowest BCUT2D eigenvalue weighted by Gasteiger charge is -2.10. The number of likely N-dealkylation sites (tertiary alicyclic amines) is 1. The summed E-state index contributed by atoms with van der Waals surface area (Å²) < 4.78 is 0. The fourth-order valence-corrected chi connectivity index (χ4v) is 1.90. The van der Waals surface area contributed by atoms with Crippen LogP contribution in [0.4, 0.5) is 0 Å². The molecule has 2 rings (SSSR count). The molecule has 0 aliphatic carbocycles. The molecule has 1 saturated heterocycles. The summed E-state index contributed by atoms with van der Waals surface area (Å²) in [6, 6.07) is 10.1. The molecule has 16 heavy (non-hydrogen) atoms. The number of β-amino-alcohol motifs (C(OH)–C–C–N with tert-alkyl or cyclic N) is 2. The van der Waals surface area contributed by atoms with Gasteiger partial charge in [0.2, 0.25) is 0 Å². The molecule has 3 heteroatoms. The summed E-state index contributed by atoms with van der Waals surface area (Å²) in [4.78, 5) is 2.04. The van der Waals surface area contributed by atoms with Crippen molar-refractivity contribution >= 4 is 6.08 Å². The van der Waals surface area contributed by atoms with Crippen molar-refractivity contribution < 1.29 is 10.2 Å². The molecular weight excluding hydrogens is 202 g/mol. The van der Waals surface area contributed by atoms with Crippen LogP contribution < -0.4 is 0 Å². The Hall–Kier alpha value is -1.16. The number of benzene rings is 1. The van der Waals surface area contributed by atoms with Gasteiger partial charge in [-0.15, -0.1) is 0 Å². The Balaban J connectivity index is 1.82. The van der Waals surface area contributed by atoms with Gasteiger partial charge >= 0.3 is 0 Å². The smallest absolute Gasteiger partial charge is 0.0938 e. The summed E-state index contributed by atoms with van der Waals surface area (Å²) in [7, 11) is 0. The molecule has 0 radical (unpaired) electrons. The van der Waals surface area contributed by atoms with Crippen LogP contribution in [0.25, 0.3) is 6.08 Å². The van der Waals surface area contributed by atoms with Gasteiger partial charge in [-0.05, 0) is 5.56 Å². The Kier molecular flexibility index (Phi) is 3.72. The molecule has 0 bridgehead atoms. The summed E-state index contributed by atoms with van der Waals surface area (Å²) in [6.45, 7) is 1.88.